The van der Waals surface area contributed by atoms with Crippen LogP contribution in [0, 0.1) is 11.3 Å². The van der Waals surface area contributed by atoms with Crippen LogP contribution < -0.4 is 5.32 Å². The average Bonchev–Trinajstić information content (AvgIpc) is 3.38. The molecule has 2 aromatic heterocycles. The lowest BCUT2D eigenvalue weighted by Gasteiger charge is -2.37. The van der Waals surface area contributed by atoms with Crippen molar-refractivity contribution in [3.63, 3.8) is 0 Å². The molecular weight excluding hydrogens is 408 g/mol. The fourth-order valence-electron chi connectivity index (χ4n) is 5.63. The Morgan fingerprint density at radius 3 is 2.88 bits per heavy atom. The molecule has 0 aliphatic heterocycles. The van der Waals surface area contributed by atoms with E-state index in [4.69, 9.17) is 0 Å². The number of rotatable bonds is 7. The van der Waals surface area contributed by atoms with Crippen molar-refractivity contribution in [2.45, 2.75) is 45.1 Å². The van der Waals surface area contributed by atoms with Crippen molar-refractivity contribution in [3.05, 3.63) is 96.1 Å². The van der Waals surface area contributed by atoms with E-state index in [1.807, 2.05) is 47.4 Å². The maximum absolute atomic E-state index is 12.5. The number of benzene rings is 1. The molecule has 1 saturated carbocycles. The van der Waals surface area contributed by atoms with Gasteiger partial charge in [-0.05, 0) is 66.4 Å². The van der Waals surface area contributed by atoms with Gasteiger partial charge in [0.25, 0.3) is 0 Å². The normalized spacial score (nSPS) is 22.1. The number of carbonyl (C=O) groups excluding carboxylic acids is 1. The topological polar surface area (TPSA) is 59.8 Å². The maximum atomic E-state index is 12.5. The third-order valence-corrected chi connectivity index (χ3v) is 7.43. The minimum Gasteiger partial charge on any atom is -0.349 e. The lowest BCUT2D eigenvalue weighted by Crippen LogP contribution is -2.34. The van der Waals surface area contributed by atoms with E-state index in [0.717, 1.165) is 36.9 Å². The van der Waals surface area contributed by atoms with E-state index in [-0.39, 0.29) is 17.4 Å². The van der Waals surface area contributed by atoms with Gasteiger partial charge in [0.1, 0.15) is 0 Å². The molecule has 5 nitrogen and oxygen atoms in total. The van der Waals surface area contributed by atoms with E-state index < -0.39 is 0 Å². The molecule has 1 N–H and O–H groups in total. The third-order valence-electron chi connectivity index (χ3n) is 7.43. The van der Waals surface area contributed by atoms with E-state index in [1.165, 1.54) is 16.8 Å². The van der Waals surface area contributed by atoms with Crippen LogP contribution >= 0.6 is 0 Å². The van der Waals surface area contributed by atoms with Gasteiger partial charge >= 0.3 is 0 Å². The highest BCUT2D eigenvalue weighted by Crippen LogP contribution is 2.55. The Morgan fingerprint density at radius 1 is 1.27 bits per heavy atom. The van der Waals surface area contributed by atoms with Crippen molar-refractivity contribution in [3.8, 4) is 5.69 Å². The van der Waals surface area contributed by atoms with Gasteiger partial charge in [-0.15, -0.1) is 6.58 Å². The number of pyridine rings is 1. The Labute approximate surface area is 195 Å². The van der Waals surface area contributed by atoms with Crippen LogP contribution in [0.3, 0.4) is 0 Å². The highest BCUT2D eigenvalue weighted by molar-refractivity contribution is 5.77. The maximum Gasteiger partial charge on any atom is 0.224 e. The number of carbonyl (C=O) groups is 1. The second-order valence-electron chi connectivity index (χ2n) is 9.44. The third kappa shape index (κ3) is 4.04. The van der Waals surface area contributed by atoms with E-state index in [2.05, 4.69) is 47.1 Å². The number of hydrogen-bond acceptors (Lipinski definition) is 3. The highest BCUT2D eigenvalue weighted by atomic mass is 16.1. The molecule has 3 aromatic rings. The van der Waals surface area contributed by atoms with Crippen LogP contribution in [0.5, 0.6) is 0 Å². The molecule has 1 aromatic carbocycles. The van der Waals surface area contributed by atoms with Crippen molar-refractivity contribution in [2.24, 2.45) is 11.3 Å². The number of nitrogens with one attached hydrogen (secondary N) is 1. The van der Waals surface area contributed by atoms with Gasteiger partial charge in [-0.1, -0.05) is 48.9 Å². The zero-order valence-electron chi connectivity index (χ0n) is 19.1. The van der Waals surface area contributed by atoms with Crippen LogP contribution in [0.4, 0.5) is 0 Å². The van der Waals surface area contributed by atoms with Crippen molar-refractivity contribution >= 4 is 12.0 Å². The van der Waals surface area contributed by atoms with Crippen LogP contribution in [-0.2, 0) is 11.2 Å². The molecule has 2 aliphatic carbocycles. The predicted molar refractivity (Wildman–Crippen MR) is 131 cm³/mol. The van der Waals surface area contributed by atoms with E-state index in [0.29, 0.717) is 12.3 Å². The smallest absolute Gasteiger partial charge is 0.224 e. The summed E-state index contributed by atoms with van der Waals surface area (Å²) in [6, 6.07) is 14.3. The van der Waals surface area contributed by atoms with Crippen LogP contribution in [0.1, 0.15) is 55.5 Å². The first-order valence-electron chi connectivity index (χ1n) is 11.7. The molecule has 2 aliphatic rings. The molecule has 3 atom stereocenters. The number of aromatic nitrogens is 3. The first-order chi connectivity index (χ1) is 16.1. The largest absolute Gasteiger partial charge is 0.349 e. The van der Waals surface area contributed by atoms with Crippen molar-refractivity contribution in [1.82, 2.24) is 20.1 Å². The number of hydrogen-bond donors (Lipinski definition) is 1. The second kappa shape index (κ2) is 8.81. The average molecular weight is 439 g/mol. The van der Waals surface area contributed by atoms with Gasteiger partial charge in [0, 0.05) is 12.6 Å². The Morgan fingerprint density at radius 2 is 2.12 bits per heavy atom. The van der Waals surface area contributed by atoms with Gasteiger partial charge in [-0.3, -0.25) is 9.78 Å². The van der Waals surface area contributed by atoms with Gasteiger partial charge in [0.05, 0.1) is 29.8 Å². The van der Waals surface area contributed by atoms with Gasteiger partial charge < -0.3 is 5.32 Å². The minimum absolute atomic E-state index is 0.000613. The van der Waals surface area contributed by atoms with Gasteiger partial charge in [-0.25, -0.2) is 4.68 Å². The summed E-state index contributed by atoms with van der Waals surface area (Å²) < 4.78 is 2.00. The summed E-state index contributed by atoms with van der Waals surface area (Å²) in [5.74, 6) is 0.509. The summed E-state index contributed by atoms with van der Waals surface area (Å²) in [6.07, 6.45) is 14.1. The van der Waals surface area contributed by atoms with Crippen molar-refractivity contribution in [1.29, 1.82) is 0 Å². The van der Waals surface area contributed by atoms with E-state index >= 15 is 0 Å². The minimum atomic E-state index is -0.000613. The Kier molecular flexibility index (Phi) is 5.71. The molecule has 5 rings (SSSR count). The van der Waals surface area contributed by atoms with Crippen molar-refractivity contribution < 1.29 is 4.79 Å². The fraction of sp³-hybridized carbons (Fsp3) is 0.321. The van der Waals surface area contributed by atoms with Gasteiger partial charge in [0.15, 0.2) is 0 Å². The van der Waals surface area contributed by atoms with Crippen LogP contribution in [0.2, 0.25) is 0 Å². The highest BCUT2D eigenvalue weighted by Gasteiger charge is 2.46. The summed E-state index contributed by atoms with van der Waals surface area (Å²) in [5.41, 5.74) is 6.18. The lowest BCUT2D eigenvalue weighted by atomic mass is 9.68. The fourth-order valence-corrected chi connectivity index (χ4v) is 5.63. The number of allylic oxidation sites excluding steroid dienone is 1. The first-order valence-corrected chi connectivity index (χ1v) is 11.7. The summed E-state index contributed by atoms with van der Waals surface area (Å²) in [6.45, 7) is 6.11. The van der Waals surface area contributed by atoms with Gasteiger partial charge in [-0.2, -0.15) is 5.10 Å². The Hall–Kier alpha value is -3.47. The molecule has 0 spiro atoms. The van der Waals surface area contributed by atoms with Crippen LogP contribution in [0.25, 0.3) is 11.8 Å². The Balaban J connectivity index is 1.42. The summed E-state index contributed by atoms with van der Waals surface area (Å²) in [4.78, 5) is 16.7. The van der Waals surface area contributed by atoms with Crippen molar-refractivity contribution in [2.75, 3.05) is 0 Å². The predicted octanol–water partition coefficient (Wildman–Crippen LogP) is 5.45. The molecular formula is C28H30N4O. The molecule has 1 unspecified atom stereocenters. The standard InChI is InChI=1S/C28H30N4O/c1-3-8-27(33)31-25(20-9-5-4-6-10-20)15-22-12-13-23-16-26-21(17-28(22,23)2)18-30-32(26)24-11-7-14-29-19-24/h3-7,9-11,14,16,18-19,22,25H,1,8,12-13,15,17H2,2H3,(H,31,33)/t22-,25?,28-/m1/s1. The summed E-state index contributed by atoms with van der Waals surface area (Å²) in [7, 11) is 0. The molecule has 168 valence electrons. The number of nitrogens with zero attached hydrogens (tertiary/aromatic N) is 3. The quantitative estimate of drug-likeness (QED) is 0.499. The number of fused-ring (bicyclic) bond motifs is 2. The zero-order chi connectivity index (χ0) is 22.8. The monoisotopic (exact) mass is 438 g/mol. The molecule has 2 heterocycles. The second-order valence-corrected chi connectivity index (χ2v) is 9.44. The van der Waals surface area contributed by atoms with Crippen LogP contribution in [0.15, 0.2) is 79.3 Å². The van der Waals surface area contributed by atoms with Crippen LogP contribution in [-0.4, -0.2) is 20.7 Å². The van der Waals surface area contributed by atoms with E-state index in [1.54, 1.807) is 12.3 Å². The summed E-state index contributed by atoms with van der Waals surface area (Å²) >= 11 is 0. The molecule has 0 radical (unpaired) electrons. The molecule has 1 amide bonds. The molecule has 33 heavy (non-hydrogen) atoms. The first kappa shape index (κ1) is 21.4. The molecule has 0 saturated heterocycles. The number of amides is 1. The molecule has 0 bridgehead atoms. The molecule has 1 fully saturated rings. The lowest BCUT2D eigenvalue weighted by molar-refractivity contribution is -0.121. The molecule has 5 heteroatoms. The zero-order valence-corrected chi connectivity index (χ0v) is 19.1. The van der Waals surface area contributed by atoms with Gasteiger partial charge in [0.2, 0.25) is 5.91 Å². The Bertz CT molecular complexity index is 1180. The SMILES string of the molecule is C=CCC(=O)NC(C[C@H]1CCC2=Cc3c(cnn3-c3cccnc3)C[C@@]21C)c1ccccc1. The summed E-state index contributed by atoms with van der Waals surface area (Å²) in [5, 5.41) is 7.95. The van der Waals surface area contributed by atoms with E-state index in [9.17, 15) is 4.79 Å².